The van der Waals surface area contributed by atoms with Crippen molar-refractivity contribution in [2.45, 2.75) is 12.9 Å². The summed E-state index contributed by atoms with van der Waals surface area (Å²) >= 11 is -1.07. The zero-order chi connectivity index (χ0) is 8.55. The summed E-state index contributed by atoms with van der Waals surface area (Å²) in [4.78, 5) is 0. The van der Waals surface area contributed by atoms with E-state index in [1.54, 1.807) is 5.56 Å². The van der Waals surface area contributed by atoms with Gasteiger partial charge in [-0.25, -0.2) is 0 Å². The van der Waals surface area contributed by atoms with E-state index >= 15 is 0 Å². The van der Waals surface area contributed by atoms with Crippen molar-refractivity contribution in [3.63, 3.8) is 0 Å². The van der Waals surface area contributed by atoms with Crippen molar-refractivity contribution < 1.29 is 46.6 Å². The smallest absolute Gasteiger partial charge is 1.00 e. The molecule has 1 aromatic carbocycles. The number of rotatable bonds is 1. The molecule has 0 N–H and O–H groups in total. The molecule has 0 saturated carbocycles. The summed E-state index contributed by atoms with van der Waals surface area (Å²) < 4.78 is 5.78. The third-order valence-corrected chi connectivity index (χ3v) is 6.72. The average molecular weight is 307 g/mol. The van der Waals surface area contributed by atoms with Crippen LogP contribution in [-0.2, 0) is 21.8 Å². The fourth-order valence-electron chi connectivity index (χ4n) is 1.75. The minimum absolute atomic E-state index is 0. The SMILES string of the molecule is [CH3][Zr+2]([CH3])[CH]1C=Cc2ccccc21.[Cl-].[Cl-]. The van der Waals surface area contributed by atoms with Crippen LogP contribution in [0.25, 0.3) is 6.08 Å². The summed E-state index contributed by atoms with van der Waals surface area (Å²) in [6.45, 7) is 0. The quantitative estimate of drug-likeness (QED) is 0.537. The maximum atomic E-state index is 2.47. The topological polar surface area (TPSA) is 0 Å². The standard InChI is InChI=1S/C9H7.2CH3.2ClH.Zr/c1-2-5-9-7-3-6-8(9)4-1;;;;;/h1-7H;2*1H3;2*1H;/q;;;;;+2/p-2. The number of halogens is 2. The molecule has 75 valence electrons. The number of hydrogen-bond acceptors (Lipinski definition) is 0. The molecule has 0 aliphatic heterocycles. The summed E-state index contributed by atoms with van der Waals surface area (Å²) in [5.74, 6) is 0. The van der Waals surface area contributed by atoms with Crippen molar-refractivity contribution >= 4 is 6.08 Å². The Morgan fingerprint density at radius 2 is 1.71 bits per heavy atom. The van der Waals surface area contributed by atoms with E-state index in [9.17, 15) is 0 Å². The van der Waals surface area contributed by atoms with Crippen LogP contribution in [0, 0.1) is 0 Å². The third-order valence-electron chi connectivity index (χ3n) is 2.42. The van der Waals surface area contributed by atoms with E-state index in [-0.39, 0.29) is 24.8 Å². The van der Waals surface area contributed by atoms with Gasteiger partial charge in [-0.15, -0.1) is 0 Å². The molecule has 0 fully saturated rings. The average Bonchev–Trinajstić information content (AvgIpc) is 2.47. The van der Waals surface area contributed by atoms with Crippen LogP contribution in [0.15, 0.2) is 30.3 Å². The third kappa shape index (κ3) is 2.72. The Bertz CT molecular complexity index is 321. The van der Waals surface area contributed by atoms with Gasteiger partial charge in [0.05, 0.1) is 0 Å². The van der Waals surface area contributed by atoms with Gasteiger partial charge in [-0.2, -0.15) is 0 Å². The second-order valence-corrected chi connectivity index (χ2v) is 10.4. The van der Waals surface area contributed by atoms with Crippen molar-refractivity contribution in [3.8, 4) is 0 Å². The predicted molar refractivity (Wildman–Crippen MR) is 49.9 cm³/mol. The maximum absolute atomic E-state index is 2.47. The van der Waals surface area contributed by atoms with Gasteiger partial charge in [0, 0.05) is 0 Å². The zero-order valence-electron chi connectivity index (χ0n) is 8.30. The predicted octanol–water partition coefficient (Wildman–Crippen LogP) is -2.52. The van der Waals surface area contributed by atoms with Crippen LogP contribution < -0.4 is 24.8 Å². The summed E-state index contributed by atoms with van der Waals surface area (Å²) in [5.41, 5.74) is 3.03. The molecule has 14 heavy (non-hydrogen) atoms. The van der Waals surface area contributed by atoms with Gasteiger partial charge in [0.2, 0.25) is 0 Å². The number of fused-ring (bicyclic) bond motifs is 1. The van der Waals surface area contributed by atoms with Gasteiger partial charge in [0.25, 0.3) is 0 Å². The molecule has 1 atom stereocenters. The van der Waals surface area contributed by atoms with E-state index in [0.717, 1.165) is 3.63 Å². The molecular formula is C11H13Cl2Zr. The Morgan fingerprint density at radius 3 is 2.36 bits per heavy atom. The van der Waals surface area contributed by atoms with Crippen LogP contribution in [0.3, 0.4) is 0 Å². The van der Waals surface area contributed by atoms with Gasteiger partial charge in [0.15, 0.2) is 0 Å². The summed E-state index contributed by atoms with van der Waals surface area (Å²) in [5, 5.41) is 0. The minimum atomic E-state index is -1.07. The molecular weight excluding hydrogens is 294 g/mol. The molecule has 0 saturated heterocycles. The van der Waals surface area contributed by atoms with Gasteiger partial charge in [-0.05, 0) is 0 Å². The van der Waals surface area contributed by atoms with Gasteiger partial charge >= 0.3 is 82.2 Å². The van der Waals surface area contributed by atoms with Gasteiger partial charge in [-0.3, -0.25) is 0 Å². The monoisotopic (exact) mass is 305 g/mol. The van der Waals surface area contributed by atoms with E-state index in [2.05, 4.69) is 45.7 Å². The zero-order valence-corrected chi connectivity index (χ0v) is 12.3. The molecule has 2 rings (SSSR count). The first-order valence-electron chi connectivity index (χ1n) is 4.36. The molecule has 0 bridgehead atoms. The van der Waals surface area contributed by atoms with Gasteiger partial charge < -0.3 is 24.8 Å². The molecule has 0 nitrogen and oxygen atoms in total. The first kappa shape index (κ1) is 14.4. The number of allylic oxidation sites excluding steroid dienone is 1. The fourth-order valence-corrected chi connectivity index (χ4v) is 5.11. The Balaban J connectivity index is 0.000000845. The first-order valence-corrected chi connectivity index (χ1v) is 10.7. The van der Waals surface area contributed by atoms with Crippen molar-refractivity contribution in [2.75, 3.05) is 0 Å². The van der Waals surface area contributed by atoms with Crippen LogP contribution >= 0.6 is 0 Å². The molecule has 1 aliphatic rings. The Morgan fingerprint density at radius 1 is 1.07 bits per heavy atom. The van der Waals surface area contributed by atoms with Crippen molar-refractivity contribution in [2.24, 2.45) is 0 Å². The van der Waals surface area contributed by atoms with Crippen LogP contribution in [0.5, 0.6) is 0 Å². The molecule has 1 aromatic rings. The molecule has 0 heterocycles. The summed E-state index contributed by atoms with van der Waals surface area (Å²) in [7, 11) is 0. The Labute approximate surface area is 106 Å². The fraction of sp³-hybridized carbons (Fsp3) is 0.273. The molecule has 1 aliphatic carbocycles. The van der Waals surface area contributed by atoms with Crippen molar-refractivity contribution in [3.05, 3.63) is 41.5 Å². The van der Waals surface area contributed by atoms with E-state index in [4.69, 9.17) is 0 Å². The molecule has 3 heteroatoms. The summed E-state index contributed by atoms with van der Waals surface area (Å²) in [6.07, 6.45) is 4.69. The Kier molecular flexibility index (Phi) is 6.29. The largest absolute Gasteiger partial charge is 1.00 e. The molecule has 0 spiro atoms. The molecule has 1 unspecified atom stereocenters. The molecule has 0 radical (unpaired) electrons. The van der Waals surface area contributed by atoms with Crippen LogP contribution in [-0.4, -0.2) is 0 Å². The number of benzene rings is 1. The molecule has 0 aromatic heterocycles. The maximum Gasteiger partial charge on any atom is -1.00 e. The van der Waals surface area contributed by atoms with Crippen molar-refractivity contribution in [1.82, 2.24) is 0 Å². The van der Waals surface area contributed by atoms with Crippen LogP contribution in [0.2, 0.25) is 9.26 Å². The van der Waals surface area contributed by atoms with Crippen molar-refractivity contribution in [1.29, 1.82) is 0 Å². The minimum Gasteiger partial charge on any atom is -1.00 e. The van der Waals surface area contributed by atoms with Crippen LogP contribution in [0.4, 0.5) is 0 Å². The first-order chi connectivity index (χ1) is 5.79. The number of hydrogen-bond donors (Lipinski definition) is 0. The molecule has 0 amide bonds. The normalized spacial score (nSPS) is 16.6. The van der Waals surface area contributed by atoms with E-state index in [0.29, 0.717) is 0 Å². The summed E-state index contributed by atoms with van der Waals surface area (Å²) in [6, 6.07) is 8.79. The van der Waals surface area contributed by atoms with E-state index in [1.807, 2.05) is 0 Å². The second-order valence-electron chi connectivity index (χ2n) is 3.54. The Hall–Kier alpha value is 0.423. The van der Waals surface area contributed by atoms with E-state index in [1.165, 1.54) is 5.56 Å². The van der Waals surface area contributed by atoms with Gasteiger partial charge in [0.1, 0.15) is 0 Å². The van der Waals surface area contributed by atoms with Crippen LogP contribution in [0.1, 0.15) is 14.8 Å². The van der Waals surface area contributed by atoms with E-state index < -0.39 is 21.8 Å². The van der Waals surface area contributed by atoms with Gasteiger partial charge in [-0.1, -0.05) is 0 Å². The second kappa shape index (κ2) is 6.10.